The molecule has 0 bridgehead atoms. The summed E-state index contributed by atoms with van der Waals surface area (Å²) in [6, 6.07) is 16.3. The van der Waals surface area contributed by atoms with Crippen LogP contribution < -0.4 is 24.4 Å². The summed E-state index contributed by atoms with van der Waals surface area (Å²) in [4.78, 5) is 32.9. The van der Waals surface area contributed by atoms with Gasteiger partial charge in [-0.05, 0) is 61.4 Å². The van der Waals surface area contributed by atoms with E-state index in [2.05, 4.69) is 20.5 Å². The average molecular weight is 741 g/mol. The van der Waals surface area contributed by atoms with Gasteiger partial charge in [-0.25, -0.2) is 9.79 Å². The van der Waals surface area contributed by atoms with Crippen molar-refractivity contribution in [1.82, 2.24) is 9.13 Å². The zero-order chi connectivity index (χ0) is 32.7. The Morgan fingerprint density at radius 2 is 1.80 bits per heavy atom. The van der Waals surface area contributed by atoms with Crippen LogP contribution in [0.25, 0.3) is 17.0 Å². The minimum absolute atomic E-state index is 0.173. The molecule has 8 nitrogen and oxygen atoms in total. The van der Waals surface area contributed by atoms with Gasteiger partial charge < -0.3 is 18.8 Å². The fourth-order valence-corrected chi connectivity index (χ4v) is 7.56. The first-order chi connectivity index (χ1) is 22.1. The molecule has 0 fully saturated rings. The topological polar surface area (TPSA) is 84.1 Å². The Balaban J connectivity index is 1.54. The number of allylic oxidation sites excluding steroid dienone is 1. The van der Waals surface area contributed by atoms with Crippen LogP contribution in [0.3, 0.4) is 0 Å². The molecule has 0 spiro atoms. The number of hydrogen-bond donors (Lipinski definition) is 0. The van der Waals surface area contributed by atoms with Crippen molar-refractivity contribution >= 4 is 73.4 Å². The highest BCUT2D eigenvalue weighted by molar-refractivity contribution is 9.10. The molecule has 12 heteroatoms. The summed E-state index contributed by atoms with van der Waals surface area (Å²) >= 11 is 17.3. The van der Waals surface area contributed by atoms with E-state index in [-0.39, 0.29) is 17.7 Å². The first kappa shape index (κ1) is 32.1. The molecule has 0 saturated heterocycles. The van der Waals surface area contributed by atoms with Crippen LogP contribution in [0.5, 0.6) is 11.5 Å². The van der Waals surface area contributed by atoms with Gasteiger partial charge in [-0.2, -0.15) is 0 Å². The highest BCUT2D eigenvalue weighted by atomic mass is 79.9. The van der Waals surface area contributed by atoms with Gasteiger partial charge >= 0.3 is 5.97 Å². The van der Waals surface area contributed by atoms with Crippen LogP contribution in [0.4, 0.5) is 0 Å². The first-order valence-corrected chi connectivity index (χ1v) is 16.6. The summed E-state index contributed by atoms with van der Waals surface area (Å²) in [6.07, 6.45) is 3.89. The van der Waals surface area contributed by atoms with E-state index in [4.69, 9.17) is 42.4 Å². The van der Waals surface area contributed by atoms with E-state index in [0.717, 1.165) is 22.0 Å². The molecule has 5 aromatic rings. The molecule has 0 aliphatic carbocycles. The standard InChI is InChI=1S/C34H28BrCl2N3O5S/c1-5-45-33(42)30-18(2)38-34-40(31(30)22-14-27(43-3)28(44-4)15-23(22)35)32(41)29(46-34)13-20-17-39(26-9-7-6-8-21(20)26)16-19-10-11-24(36)25(37)12-19/h6-15,17,31H,5,16H2,1-4H3/b29-13+. The van der Waals surface area contributed by atoms with Crippen molar-refractivity contribution in [2.24, 2.45) is 4.99 Å². The number of hydrogen-bond acceptors (Lipinski definition) is 7. The first-order valence-electron chi connectivity index (χ1n) is 14.3. The van der Waals surface area contributed by atoms with E-state index in [0.29, 0.717) is 53.2 Å². The van der Waals surface area contributed by atoms with Gasteiger partial charge in [0.1, 0.15) is 0 Å². The second-order valence-corrected chi connectivity index (χ2v) is 13.2. The van der Waals surface area contributed by atoms with Crippen LogP contribution in [0, 0.1) is 0 Å². The van der Waals surface area contributed by atoms with Gasteiger partial charge in [0.25, 0.3) is 5.56 Å². The minimum atomic E-state index is -0.831. The van der Waals surface area contributed by atoms with Gasteiger partial charge in [-0.3, -0.25) is 9.36 Å². The highest BCUT2D eigenvalue weighted by Gasteiger charge is 2.35. The molecule has 3 heterocycles. The lowest BCUT2D eigenvalue weighted by Crippen LogP contribution is -2.40. The Hall–Kier alpha value is -3.83. The monoisotopic (exact) mass is 739 g/mol. The lowest BCUT2D eigenvalue weighted by Gasteiger charge is -2.26. The van der Waals surface area contributed by atoms with E-state index >= 15 is 0 Å². The molecule has 6 rings (SSSR count). The van der Waals surface area contributed by atoms with Crippen LogP contribution in [0.15, 0.2) is 86.3 Å². The largest absolute Gasteiger partial charge is 0.493 e. The zero-order valence-corrected chi connectivity index (χ0v) is 29.2. The SMILES string of the molecule is CCOC(=O)C1=C(C)N=c2s/c(=C/c3cn(Cc4ccc(Cl)c(Cl)c4)c4ccccc34)c(=O)n2C1c1cc(OC)c(OC)cc1Br. The molecule has 236 valence electrons. The second-order valence-electron chi connectivity index (χ2n) is 10.5. The average Bonchev–Trinajstić information content (AvgIpc) is 3.54. The molecule has 0 saturated carbocycles. The number of ether oxygens (including phenoxy) is 3. The third-order valence-electron chi connectivity index (χ3n) is 7.76. The van der Waals surface area contributed by atoms with E-state index in [1.165, 1.54) is 18.4 Å². The zero-order valence-electron chi connectivity index (χ0n) is 25.3. The number of esters is 1. The Labute approximate surface area is 286 Å². The molecule has 1 unspecified atom stereocenters. The Kier molecular flexibility index (Phi) is 9.16. The fourth-order valence-electron chi connectivity index (χ4n) is 5.66. The highest BCUT2D eigenvalue weighted by Crippen LogP contribution is 2.41. The predicted octanol–water partition coefficient (Wildman–Crippen LogP) is 6.89. The maximum atomic E-state index is 14.3. The summed E-state index contributed by atoms with van der Waals surface area (Å²) in [6.45, 7) is 4.22. The number of benzene rings is 3. The lowest BCUT2D eigenvalue weighted by atomic mass is 9.95. The number of nitrogens with zero attached hydrogens (tertiary/aromatic N) is 3. The maximum absolute atomic E-state index is 14.3. The molecule has 0 amide bonds. The number of aromatic nitrogens is 2. The Morgan fingerprint density at radius 1 is 1.07 bits per heavy atom. The predicted molar refractivity (Wildman–Crippen MR) is 185 cm³/mol. The molecule has 0 N–H and O–H groups in total. The quantitative estimate of drug-likeness (QED) is 0.162. The summed E-state index contributed by atoms with van der Waals surface area (Å²) in [5.74, 6) is 0.409. The normalized spacial score (nSPS) is 14.8. The summed E-state index contributed by atoms with van der Waals surface area (Å²) < 4.78 is 21.3. The van der Waals surface area contributed by atoms with Gasteiger partial charge in [0.05, 0.1) is 52.7 Å². The Morgan fingerprint density at radius 3 is 2.52 bits per heavy atom. The van der Waals surface area contributed by atoms with Crippen molar-refractivity contribution in [3.05, 3.63) is 123 Å². The molecule has 1 aliphatic heterocycles. The van der Waals surface area contributed by atoms with E-state index < -0.39 is 12.0 Å². The third kappa shape index (κ3) is 5.79. The van der Waals surface area contributed by atoms with E-state index in [1.54, 1.807) is 43.7 Å². The number of para-hydroxylation sites is 1. The van der Waals surface area contributed by atoms with Crippen molar-refractivity contribution in [3.8, 4) is 11.5 Å². The van der Waals surface area contributed by atoms with Gasteiger partial charge in [0.15, 0.2) is 16.3 Å². The number of fused-ring (bicyclic) bond motifs is 2. The fraction of sp³-hybridized carbons (Fsp3) is 0.206. The van der Waals surface area contributed by atoms with Crippen LogP contribution in [-0.4, -0.2) is 35.9 Å². The third-order valence-corrected chi connectivity index (χ3v) is 10.2. The molecule has 46 heavy (non-hydrogen) atoms. The number of thiazole rings is 1. The summed E-state index contributed by atoms with van der Waals surface area (Å²) in [5.41, 5.74) is 3.94. The smallest absolute Gasteiger partial charge is 0.338 e. The number of carbonyl (C=O) groups is 1. The van der Waals surface area contributed by atoms with Crippen molar-refractivity contribution in [2.75, 3.05) is 20.8 Å². The van der Waals surface area contributed by atoms with E-state index in [1.807, 2.05) is 48.7 Å². The molecule has 3 aromatic carbocycles. The summed E-state index contributed by atoms with van der Waals surface area (Å²) in [5, 5.41) is 1.97. The van der Waals surface area contributed by atoms with Gasteiger partial charge in [-0.15, -0.1) is 0 Å². The van der Waals surface area contributed by atoms with E-state index in [9.17, 15) is 9.59 Å². The molecule has 1 atom stereocenters. The van der Waals surface area contributed by atoms with Gasteiger partial charge in [0.2, 0.25) is 0 Å². The van der Waals surface area contributed by atoms with Crippen LogP contribution >= 0.6 is 50.5 Å². The summed E-state index contributed by atoms with van der Waals surface area (Å²) in [7, 11) is 3.08. The Bertz CT molecular complexity index is 2240. The molecule has 2 aromatic heterocycles. The van der Waals surface area contributed by atoms with Gasteiger partial charge in [-0.1, -0.05) is 74.7 Å². The number of methoxy groups -OCH3 is 2. The molecule has 0 radical (unpaired) electrons. The molecule has 1 aliphatic rings. The van der Waals surface area contributed by atoms with Crippen LogP contribution in [0.2, 0.25) is 10.0 Å². The number of carbonyl (C=O) groups excluding carboxylic acids is 1. The molecular weight excluding hydrogens is 713 g/mol. The molecular formula is C34H28BrCl2N3O5S. The van der Waals surface area contributed by atoms with Gasteiger partial charge in [0, 0.05) is 33.7 Å². The number of rotatable bonds is 8. The van der Waals surface area contributed by atoms with Crippen LogP contribution in [0.1, 0.15) is 36.6 Å². The minimum Gasteiger partial charge on any atom is -0.493 e. The maximum Gasteiger partial charge on any atom is 0.338 e. The van der Waals surface area contributed by atoms with Crippen molar-refractivity contribution < 1.29 is 19.0 Å². The van der Waals surface area contributed by atoms with Crippen molar-refractivity contribution in [3.63, 3.8) is 0 Å². The van der Waals surface area contributed by atoms with Crippen molar-refractivity contribution in [1.29, 1.82) is 0 Å². The lowest BCUT2D eigenvalue weighted by molar-refractivity contribution is -0.139. The van der Waals surface area contributed by atoms with Crippen LogP contribution in [-0.2, 0) is 16.1 Å². The van der Waals surface area contributed by atoms with Crippen molar-refractivity contribution in [2.45, 2.75) is 26.4 Å². The second kappa shape index (κ2) is 13.1. The number of halogens is 3.